The molecule has 2 N–H and O–H groups in total. The molecule has 2 unspecified atom stereocenters. The van der Waals surface area contributed by atoms with E-state index in [1.807, 2.05) is 0 Å². The van der Waals surface area contributed by atoms with Crippen LogP contribution in [0.15, 0.2) is 0 Å². The van der Waals surface area contributed by atoms with Crippen molar-refractivity contribution < 1.29 is 23.7 Å². The van der Waals surface area contributed by atoms with Gasteiger partial charge < -0.3 is 29.6 Å². The van der Waals surface area contributed by atoms with Crippen LogP contribution in [0.4, 0.5) is 4.79 Å². The second kappa shape index (κ2) is 16.0. The lowest BCUT2D eigenvalue weighted by Gasteiger charge is -2.29. The summed E-state index contributed by atoms with van der Waals surface area (Å²) in [5.74, 6) is 0. The van der Waals surface area contributed by atoms with Gasteiger partial charge in [-0.05, 0) is 75.0 Å². The molecule has 2 aliphatic rings. The van der Waals surface area contributed by atoms with Crippen LogP contribution in [0.2, 0.25) is 0 Å². The van der Waals surface area contributed by atoms with E-state index < -0.39 is 0 Å². The van der Waals surface area contributed by atoms with E-state index in [1.54, 1.807) is 0 Å². The lowest BCUT2D eigenvalue weighted by Crippen LogP contribution is -2.36. The molecule has 0 radical (unpaired) electrons. The number of hydrogen-bond donors (Lipinski definition) is 2. The zero-order valence-corrected chi connectivity index (χ0v) is 22.4. The van der Waals surface area contributed by atoms with Crippen molar-refractivity contribution in [2.24, 2.45) is 10.8 Å². The van der Waals surface area contributed by atoms with E-state index in [1.165, 1.54) is 12.8 Å². The largest absolute Gasteiger partial charge is 0.353 e. The fourth-order valence-corrected chi connectivity index (χ4v) is 4.39. The highest BCUT2D eigenvalue weighted by Crippen LogP contribution is 2.27. The Morgan fingerprint density at radius 1 is 0.735 bits per heavy atom. The van der Waals surface area contributed by atoms with Gasteiger partial charge in [0.2, 0.25) is 0 Å². The van der Waals surface area contributed by atoms with Gasteiger partial charge >= 0.3 is 6.03 Å². The number of carbonyl (C=O) groups excluding carboxylic acids is 1. The number of carbonyl (C=O) groups is 1. The molecule has 34 heavy (non-hydrogen) atoms. The van der Waals surface area contributed by atoms with Gasteiger partial charge in [-0.1, -0.05) is 40.5 Å². The van der Waals surface area contributed by atoms with E-state index in [9.17, 15) is 4.79 Å². The molecule has 2 saturated heterocycles. The van der Waals surface area contributed by atoms with E-state index in [2.05, 4.69) is 38.3 Å². The van der Waals surface area contributed by atoms with Crippen molar-refractivity contribution in [3.63, 3.8) is 0 Å². The maximum atomic E-state index is 12.0. The molecule has 7 nitrogen and oxygen atoms in total. The Morgan fingerprint density at radius 2 is 1.18 bits per heavy atom. The molecule has 2 aliphatic heterocycles. The number of ether oxygens (including phenoxy) is 4. The molecule has 0 aliphatic carbocycles. The number of unbranched alkanes of at least 4 members (excludes halogenated alkanes) is 2. The topological polar surface area (TPSA) is 78.1 Å². The summed E-state index contributed by atoms with van der Waals surface area (Å²) in [5.41, 5.74) is 0.261. The average Bonchev–Trinajstić information content (AvgIpc) is 2.82. The lowest BCUT2D eigenvalue weighted by atomic mass is 9.88. The molecular formula is C27H52N2O5. The van der Waals surface area contributed by atoms with Gasteiger partial charge in [0.15, 0.2) is 12.6 Å². The van der Waals surface area contributed by atoms with E-state index >= 15 is 0 Å². The monoisotopic (exact) mass is 484 g/mol. The van der Waals surface area contributed by atoms with E-state index in [0.29, 0.717) is 13.1 Å². The van der Waals surface area contributed by atoms with Gasteiger partial charge in [0.1, 0.15) is 0 Å². The Kier molecular flexibility index (Phi) is 13.8. The maximum absolute atomic E-state index is 12.0. The zero-order chi connectivity index (χ0) is 24.7. The summed E-state index contributed by atoms with van der Waals surface area (Å²) in [5, 5.41) is 5.96. The SMILES string of the molecule is CC(C)(CCCCNC(=O)NCCCCC(C)(C)COC1CCCCO1)COC1CCCCO1. The van der Waals surface area contributed by atoms with Crippen LogP contribution in [-0.2, 0) is 18.9 Å². The molecule has 0 spiro atoms. The van der Waals surface area contributed by atoms with Gasteiger partial charge in [-0.15, -0.1) is 0 Å². The van der Waals surface area contributed by atoms with Crippen molar-refractivity contribution in [1.29, 1.82) is 0 Å². The molecule has 2 fully saturated rings. The number of urea groups is 1. The summed E-state index contributed by atoms with van der Waals surface area (Å²) in [4.78, 5) is 12.0. The molecule has 0 aromatic rings. The van der Waals surface area contributed by atoms with Crippen LogP contribution in [0.1, 0.15) is 105 Å². The smallest absolute Gasteiger partial charge is 0.314 e. The molecular weight excluding hydrogens is 432 g/mol. The Hall–Kier alpha value is -0.890. The first-order valence-electron chi connectivity index (χ1n) is 13.7. The first kappa shape index (κ1) is 29.3. The van der Waals surface area contributed by atoms with Crippen molar-refractivity contribution in [3.05, 3.63) is 0 Å². The lowest BCUT2D eigenvalue weighted by molar-refractivity contribution is -0.176. The van der Waals surface area contributed by atoms with E-state index in [4.69, 9.17) is 18.9 Å². The van der Waals surface area contributed by atoms with E-state index in [0.717, 1.165) is 90.6 Å². The van der Waals surface area contributed by atoms with Gasteiger partial charge in [0, 0.05) is 26.3 Å². The molecule has 200 valence electrons. The van der Waals surface area contributed by atoms with Crippen molar-refractivity contribution in [3.8, 4) is 0 Å². The quantitative estimate of drug-likeness (QED) is 0.272. The Morgan fingerprint density at radius 3 is 1.56 bits per heavy atom. The number of amides is 2. The van der Waals surface area contributed by atoms with Crippen molar-refractivity contribution >= 4 is 6.03 Å². The number of rotatable bonds is 16. The van der Waals surface area contributed by atoms with Gasteiger partial charge in [0.05, 0.1) is 13.2 Å². The first-order valence-corrected chi connectivity index (χ1v) is 13.7. The summed E-state index contributed by atoms with van der Waals surface area (Å²) < 4.78 is 23.2. The fourth-order valence-electron chi connectivity index (χ4n) is 4.39. The molecule has 7 heteroatoms. The van der Waals surface area contributed by atoms with Crippen molar-refractivity contribution in [1.82, 2.24) is 10.6 Å². The highest BCUT2D eigenvalue weighted by atomic mass is 16.7. The number of nitrogens with one attached hydrogen (secondary N) is 2. The van der Waals surface area contributed by atoms with Crippen molar-refractivity contribution in [2.75, 3.05) is 39.5 Å². The van der Waals surface area contributed by atoms with Crippen LogP contribution in [0.5, 0.6) is 0 Å². The molecule has 0 saturated carbocycles. The third-order valence-corrected chi connectivity index (χ3v) is 6.73. The highest BCUT2D eigenvalue weighted by molar-refractivity contribution is 5.73. The first-order chi connectivity index (χ1) is 16.3. The normalized spacial score (nSPS) is 21.9. The minimum atomic E-state index is -0.0610. The fraction of sp³-hybridized carbons (Fsp3) is 0.963. The Bertz CT molecular complexity index is 497. The molecule has 2 rings (SSSR count). The Balaban J connectivity index is 1.41. The number of hydrogen-bond acceptors (Lipinski definition) is 5. The third-order valence-electron chi connectivity index (χ3n) is 6.73. The Labute approximate surface area is 208 Å². The molecule has 0 aromatic heterocycles. The predicted molar refractivity (Wildman–Crippen MR) is 136 cm³/mol. The highest BCUT2D eigenvalue weighted by Gasteiger charge is 2.23. The van der Waals surface area contributed by atoms with Gasteiger partial charge in [-0.3, -0.25) is 0 Å². The van der Waals surface area contributed by atoms with Crippen LogP contribution in [-0.4, -0.2) is 58.1 Å². The van der Waals surface area contributed by atoms with Gasteiger partial charge in [0.25, 0.3) is 0 Å². The third kappa shape index (κ3) is 13.9. The van der Waals surface area contributed by atoms with Gasteiger partial charge in [-0.25, -0.2) is 4.79 Å². The summed E-state index contributed by atoms with van der Waals surface area (Å²) in [6, 6.07) is -0.0610. The average molecular weight is 485 g/mol. The second-order valence-corrected chi connectivity index (χ2v) is 11.6. The molecule has 2 amide bonds. The summed E-state index contributed by atoms with van der Waals surface area (Å²) in [6.07, 6.45) is 12.9. The van der Waals surface area contributed by atoms with Gasteiger partial charge in [-0.2, -0.15) is 0 Å². The van der Waals surface area contributed by atoms with Crippen molar-refractivity contribution in [2.45, 2.75) is 117 Å². The minimum absolute atomic E-state index is 0.0195. The molecule has 2 atom stereocenters. The summed E-state index contributed by atoms with van der Waals surface area (Å²) in [6.45, 7) is 13.5. The van der Waals surface area contributed by atoms with Crippen LogP contribution in [0.25, 0.3) is 0 Å². The summed E-state index contributed by atoms with van der Waals surface area (Å²) >= 11 is 0. The molecule has 2 heterocycles. The zero-order valence-electron chi connectivity index (χ0n) is 22.4. The van der Waals surface area contributed by atoms with Crippen LogP contribution < -0.4 is 10.6 Å². The predicted octanol–water partition coefficient (Wildman–Crippen LogP) is 5.77. The second-order valence-electron chi connectivity index (χ2n) is 11.6. The van der Waals surface area contributed by atoms with Crippen LogP contribution >= 0.6 is 0 Å². The standard InChI is InChI=1S/C27H52N2O5/c1-26(2,21-33-23-13-5-11-19-31-23)15-7-9-17-28-25(30)29-18-10-8-16-27(3,4)22-34-24-14-6-12-20-32-24/h23-24H,5-22H2,1-4H3,(H2,28,29,30). The van der Waals surface area contributed by atoms with Crippen LogP contribution in [0, 0.1) is 10.8 Å². The molecule has 0 aromatic carbocycles. The summed E-state index contributed by atoms with van der Waals surface area (Å²) in [7, 11) is 0. The maximum Gasteiger partial charge on any atom is 0.314 e. The van der Waals surface area contributed by atoms with E-state index in [-0.39, 0.29) is 29.4 Å². The van der Waals surface area contributed by atoms with Crippen LogP contribution in [0.3, 0.4) is 0 Å². The minimum Gasteiger partial charge on any atom is -0.353 e. The molecule has 0 bridgehead atoms.